The van der Waals surface area contributed by atoms with Crippen molar-refractivity contribution in [1.29, 1.82) is 0 Å². The molecule has 0 N–H and O–H groups in total. The highest BCUT2D eigenvalue weighted by atomic mass is 16.3. The minimum absolute atomic E-state index is 0.869. The van der Waals surface area contributed by atoms with Crippen LogP contribution in [0.5, 0.6) is 0 Å². The summed E-state index contributed by atoms with van der Waals surface area (Å²) >= 11 is 0. The minimum atomic E-state index is 0.869. The van der Waals surface area contributed by atoms with Gasteiger partial charge in [-0.1, -0.05) is 255 Å². The van der Waals surface area contributed by atoms with E-state index < -0.39 is 0 Å². The molecule has 0 amide bonds. The van der Waals surface area contributed by atoms with Crippen LogP contribution < -0.4 is 0 Å². The minimum Gasteiger partial charge on any atom is -0.456 e. The Bertz CT molecular complexity index is 7310. The van der Waals surface area contributed by atoms with E-state index in [0.717, 1.165) is 132 Å². The fourth-order valence-corrected chi connectivity index (χ4v) is 17.0. The van der Waals surface area contributed by atoms with E-state index in [4.69, 9.17) is 13.3 Å². The first-order valence-corrected chi connectivity index (χ1v) is 34.7. The first kappa shape index (κ1) is 55.8. The summed E-state index contributed by atoms with van der Waals surface area (Å²) in [7, 11) is 0. The highest BCUT2D eigenvalue weighted by Gasteiger charge is 2.24. The maximum absolute atomic E-state index is 6.75. The van der Waals surface area contributed by atoms with Gasteiger partial charge in [0.05, 0.1) is 0 Å². The van der Waals surface area contributed by atoms with Gasteiger partial charge in [0.15, 0.2) is 0 Å². The van der Waals surface area contributed by atoms with Gasteiger partial charge in [-0.05, 0) is 238 Å². The van der Waals surface area contributed by atoms with Crippen LogP contribution >= 0.6 is 0 Å². The van der Waals surface area contributed by atoms with Crippen LogP contribution in [0, 0.1) is 0 Å². The second-order valence-electron chi connectivity index (χ2n) is 27.3. The Morgan fingerprint density at radius 3 is 0.990 bits per heavy atom. The van der Waals surface area contributed by atoms with Crippen molar-refractivity contribution in [2.75, 3.05) is 0 Å². The Morgan fingerprint density at radius 1 is 0.129 bits per heavy atom. The molecule has 101 heavy (non-hydrogen) atoms. The van der Waals surface area contributed by atoms with Crippen molar-refractivity contribution in [3.63, 3.8) is 0 Å². The molecule has 0 bridgehead atoms. The first-order valence-electron chi connectivity index (χ1n) is 34.7. The third-order valence-electron chi connectivity index (χ3n) is 21.8. The van der Waals surface area contributed by atoms with Gasteiger partial charge in [0, 0.05) is 43.1 Å². The molecular formula is C98H56O3. The summed E-state index contributed by atoms with van der Waals surface area (Å²) in [6.07, 6.45) is 0. The Kier molecular flexibility index (Phi) is 11.9. The van der Waals surface area contributed by atoms with Crippen molar-refractivity contribution in [3.8, 4) is 77.9 Å². The summed E-state index contributed by atoms with van der Waals surface area (Å²) in [5.74, 6) is 0. The van der Waals surface area contributed by atoms with Crippen LogP contribution in [0.3, 0.4) is 0 Å². The summed E-state index contributed by atoms with van der Waals surface area (Å²) in [6, 6.07) is 125. The number of benzene rings is 19. The van der Waals surface area contributed by atoms with Gasteiger partial charge < -0.3 is 13.3 Å². The molecule has 0 aliphatic carbocycles. The molecule has 3 aromatic heterocycles. The largest absolute Gasteiger partial charge is 0.456 e. The number of rotatable bonds is 7. The van der Waals surface area contributed by atoms with Gasteiger partial charge in [-0.2, -0.15) is 0 Å². The predicted octanol–water partition coefficient (Wildman–Crippen LogP) is 28.3. The molecule has 0 saturated heterocycles. The van der Waals surface area contributed by atoms with E-state index in [0.29, 0.717) is 0 Å². The third kappa shape index (κ3) is 8.61. The Balaban J connectivity index is 0.664. The summed E-state index contributed by atoms with van der Waals surface area (Å²) in [6.45, 7) is 0. The summed E-state index contributed by atoms with van der Waals surface area (Å²) in [5, 5.41) is 25.5. The standard InChI is InChI=1S/C98H56O3/c1-2-17-62(18-3-1)93-75-22-10-11-23-76(75)95(79-42-37-67(51-87(79)93)65-31-30-57-14-4-5-19-63(57)48-65)70-38-45-89-85(54-70)86-55-72-49-64(32-33-68(72)56-92(86)99-89)58-26-28-59(29-27-58)66-36-41-80-88(50-66)96(71-40-47-91-84(53-71)82-44-35-61-16-7-9-21-74(61)98(82)101-91)78-25-13-12-24-77(78)94(80)69-39-46-90-83(52-69)81-43-34-60-15-6-8-20-73(60)97(81)100-90/h1-56H. The van der Waals surface area contributed by atoms with Crippen molar-refractivity contribution >= 4 is 152 Å². The van der Waals surface area contributed by atoms with E-state index in [-0.39, 0.29) is 0 Å². The van der Waals surface area contributed by atoms with Crippen LogP contribution in [0.1, 0.15) is 0 Å². The van der Waals surface area contributed by atoms with Crippen LogP contribution in [0.15, 0.2) is 353 Å². The van der Waals surface area contributed by atoms with Gasteiger partial charge >= 0.3 is 0 Å². The maximum Gasteiger partial charge on any atom is 0.143 e. The quantitative estimate of drug-likeness (QED) is 0.149. The number of furan rings is 3. The van der Waals surface area contributed by atoms with Crippen molar-refractivity contribution in [1.82, 2.24) is 0 Å². The Hall–Kier alpha value is -13.3. The van der Waals surface area contributed by atoms with Crippen LogP contribution in [-0.4, -0.2) is 0 Å². The molecule has 3 heteroatoms. The monoisotopic (exact) mass is 1280 g/mol. The topological polar surface area (TPSA) is 39.4 Å². The molecule has 3 nitrogen and oxygen atoms in total. The molecule has 0 saturated carbocycles. The van der Waals surface area contributed by atoms with Crippen molar-refractivity contribution in [2.24, 2.45) is 0 Å². The lowest BCUT2D eigenvalue weighted by Crippen LogP contribution is -1.92. The van der Waals surface area contributed by atoms with E-state index in [1.807, 2.05) is 0 Å². The summed E-state index contributed by atoms with van der Waals surface area (Å²) < 4.78 is 20.2. The van der Waals surface area contributed by atoms with E-state index in [2.05, 4.69) is 340 Å². The van der Waals surface area contributed by atoms with Crippen LogP contribution in [0.4, 0.5) is 0 Å². The molecule has 19 aromatic carbocycles. The molecular weight excluding hydrogens is 1230 g/mol. The molecule has 0 aliphatic heterocycles. The lowest BCUT2D eigenvalue weighted by atomic mass is 9.84. The van der Waals surface area contributed by atoms with Crippen molar-refractivity contribution in [2.45, 2.75) is 0 Å². The average Bonchev–Trinajstić information content (AvgIpc) is 1.67. The molecule has 22 rings (SSSR count). The summed E-state index contributed by atoms with van der Waals surface area (Å²) in [5.41, 5.74) is 21.8. The lowest BCUT2D eigenvalue weighted by Gasteiger charge is -2.19. The zero-order chi connectivity index (χ0) is 66.0. The zero-order valence-electron chi connectivity index (χ0n) is 54.6. The molecule has 3 heterocycles. The van der Waals surface area contributed by atoms with Gasteiger partial charge in [-0.3, -0.25) is 0 Å². The molecule has 0 radical (unpaired) electrons. The van der Waals surface area contributed by atoms with Gasteiger partial charge in [0.1, 0.15) is 33.5 Å². The fraction of sp³-hybridized carbons (Fsp3) is 0. The predicted molar refractivity (Wildman–Crippen MR) is 426 cm³/mol. The zero-order valence-corrected chi connectivity index (χ0v) is 54.6. The van der Waals surface area contributed by atoms with Crippen molar-refractivity contribution in [3.05, 3.63) is 340 Å². The van der Waals surface area contributed by atoms with E-state index in [9.17, 15) is 0 Å². The second-order valence-corrected chi connectivity index (χ2v) is 27.3. The van der Waals surface area contributed by atoms with Crippen LogP contribution in [-0.2, 0) is 0 Å². The number of hydrogen-bond acceptors (Lipinski definition) is 3. The van der Waals surface area contributed by atoms with E-state index in [1.165, 1.54) is 98.2 Å². The van der Waals surface area contributed by atoms with Gasteiger partial charge in [-0.25, -0.2) is 0 Å². The number of fused-ring (bicyclic) bond motifs is 19. The smallest absolute Gasteiger partial charge is 0.143 e. The Labute approximate surface area is 579 Å². The lowest BCUT2D eigenvalue weighted by molar-refractivity contribution is 0.669. The van der Waals surface area contributed by atoms with E-state index >= 15 is 0 Å². The molecule has 0 aliphatic rings. The first-order chi connectivity index (χ1) is 50.0. The highest BCUT2D eigenvalue weighted by Crippen LogP contribution is 2.50. The van der Waals surface area contributed by atoms with Gasteiger partial charge in [0.2, 0.25) is 0 Å². The van der Waals surface area contributed by atoms with Crippen LogP contribution in [0.25, 0.3) is 230 Å². The van der Waals surface area contributed by atoms with E-state index in [1.54, 1.807) is 0 Å². The van der Waals surface area contributed by atoms with Crippen LogP contribution in [0.2, 0.25) is 0 Å². The normalized spacial score (nSPS) is 12.2. The highest BCUT2D eigenvalue weighted by molar-refractivity contribution is 6.26. The maximum atomic E-state index is 6.75. The van der Waals surface area contributed by atoms with Gasteiger partial charge in [0.25, 0.3) is 0 Å². The SMILES string of the molecule is c1ccc(-c2c3ccccc3c(-c3ccc4oc5cc6ccc(-c7ccc(-c8ccc9c(-c%10ccc%11oc%12c%13ccccc%13ccc%12c%11c%10)c%10ccccc%10c(-c%10ccc%11oc%12c%13ccccc%13ccc%12c%11c%10)c9c8)cc7)cc6cc5c4c3)c3ccc(-c4ccc5ccccc5c4)cc23)cc1. The Morgan fingerprint density at radius 2 is 0.446 bits per heavy atom. The average molecular weight is 1280 g/mol. The molecule has 0 spiro atoms. The summed E-state index contributed by atoms with van der Waals surface area (Å²) in [4.78, 5) is 0. The second kappa shape index (κ2) is 21.6. The fourth-order valence-electron chi connectivity index (χ4n) is 17.0. The molecule has 466 valence electrons. The molecule has 0 fully saturated rings. The van der Waals surface area contributed by atoms with Crippen molar-refractivity contribution < 1.29 is 13.3 Å². The van der Waals surface area contributed by atoms with Gasteiger partial charge in [-0.15, -0.1) is 0 Å². The molecule has 22 aromatic rings. The third-order valence-corrected chi connectivity index (χ3v) is 21.8. The molecule has 0 atom stereocenters. The number of hydrogen-bond donors (Lipinski definition) is 0. The molecule has 0 unspecified atom stereocenters.